The van der Waals surface area contributed by atoms with Gasteiger partial charge in [0, 0.05) is 37.1 Å². The minimum Gasteiger partial charge on any atom is -0.435 e. The van der Waals surface area contributed by atoms with Crippen molar-refractivity contribution in [2.45, 2.75) is 43.9 Å². The third-order valence-electron chi connectivity index (χ3n) is 6.35. The highest BCUT2D eigenvalue weighted by atomic mass is 19.3. The summed E-state index contributed by atoms with van der Waals surface area (Å²) in [5.74, 6) is 0.389. The van der Waals surface area contributed by atoms with Crippen LogP contribution in [0.15, 0.2) is 47.5 Å². The first kappa shape index (κ1) is 20.7. The van der Waals surface area contributed by atoms with Crippen LogP contribution in [0.25, 0.3) is 0 Å². The van der Waals surface area contributed by atoms with E-state index < -0.39 is 12.2 Å². The smallest absolute Gasteiger partial charge is 0.387 e. The van der Waals surface area contributed by atoms with Crippen molar-refractivity contribution in [3.8, 4) is 5.75 Å². The molecule has 1 saturated heterocycles. The minimum atomic E-state index is -2.85. The third-order valence-corrected chi connectivity index (χ3v) is 6.35. The van der Waals surface area contributed by atoms with Crippen molar-refractivity contribution in [1.29, 1.82) is 0 Å². The van der Waals surface area contributed by atoms with Crippen LogP contribution in [-0.2, 0) is 21.5 Å². The van der Waals surface area contributed by atoms with Crippen molar-refractivity contribution in [3.05, 3.63) is 53.6 Å². The number of aliphatic imine (C=N–C) groups is 1. The average Bonchev–Trinajstić information content (AvgIpc) is 2.75. The summed E-state index contributed by atoms with van der Waals surface area (Å²) in [5, 5.41) is 3.32. The first-order chi connectivity index (χ1) is 15.4. The Kier molecular flexibility index (Phi) is 5.21. The molecule has 0 unspecified atom stereocenters. The molecule has 1 amide bonds. The van der Waals surface area contributed by atoms with Crippen LogP contribution in [0.3, 0.4) is 0 Å². The van der Waals surface area contributed by atoms with Gasteiger partial charge in [0.15, 0.2) is 5.96 Å². The zero-order valence-electron chi connectivity index (χ0n) is 17.4. The zero-order chi connectivity index (χ0) is 22.3. The molecular weight excluding hydrogens is 418 g/mol. The van der Waals surface area contributed by atoms with Gasteiger partial charge < -0.3 is 20.5 Å². The summed E-state index contributed by atoms with van der Waals surface area (Å²) in [6.07, 6.45) is 2.43. The molecule has 3 N–H and O–H groups in total. The van der Waals surface area contributed by atoms with Gasteiger partial charge >= 0.3 is 6.61 Å². The molecule has 2 aliphatic heterocycles. The quantitative estimate of drug-likeness (QED) is 0.740. The number of ether oxygens (including phenoxy) is 2. The van der Waals surface area contributed by atoms with Crippen molar-refractivity contribution in [2.75, 3.05) is 18.5 Å². The monoisotopic (exact) mass is 442 g/mol. The van der Waals surface area contributed by atoms with E-state index in [1.54, 1.807) is 17.0 Å². The molecule has 1 spiro atoms. The second-order valence-corrected chi connectivity index (χ2v) is 8.32. The van der Waals surface area contributed by atoms with Crippen LogP contribution in [0, 0.1) is 0 Å². The summed E-state index contributed by atoms with van der Waals surface area (Å²) in [4.78, 5) is 19.5. The van der Waals surface area contributed by atoms with Crippen molar-refractivity contribution in [1.82, 2.24) is 4.90 Å². The maximum atomic E-state index is 13.0. The van der Waals surface area contributed by atoms with Crippen LogP contribution in [0.5, 0.6) is 5.75 Å². The highest BCUT2D eigenvalue weighted by Gasteiger charge is 2.50. The molecule has 0 bridgehead atoms. The molecule has 0 saturated carbocycles. The lowest BCUT2D eigenvalue weighted by molar-refractivity contribution is -0.133. The van der Waals surface area contributed by atoms with E-state index in [1.807, 2.05) is 18.2 Å². The number of benzene rings is 2. The van der Waals surface area contributed by atoms with Gasteiger partial charge in [-0.15, -0.1) is 0 Å². The summed E-state index contributed by atoms with van der Waals surface area (Å²) in [7, 11) is 0. The molecule has 3 aliphatic rings. The van der Waals surface area contributed by atoms with E-state index >= 15 is 0 Å². The number of fused-ring (bicyclic) bond motifs is 2. The Labute approximate surface area is 184 Å². The fourth-order valence-corrected chi connectivity index (χ4v) is 4.85. The number of amides is 1. The number of nitrogens with one attached hydrogen (secondary N) is 1. The summed E-state index contributed by atoms with van der Waals surface area (Å²) in [6.45, 7) is -1.60. The predicted molar refractivity (Wildman–Crippen MR) is 115 cm³/mol. The maximum Gasteiger partial charge on any atom is 0.387 e. The van der Waals surface area contributed by atoms with Crippen LogP contribution in [0.1, 0.15) is 30.4 Å². The molecule has 1 aliphatic carbocycles. The normalized spacial score (nSPS) is 23.0. The number of anilines is 2. The first-order valence-electron chi connectivity index (χ1n) is 10.6. The number of hydrogen-bond acceptors (Lipinski definition) is 6. The molecule has 0 radical (unpaired) electrons. The van der Waals surface area contributed by atoms with Crippen LogP contribution >= 0.6 is 0 Å². The molecule has 1 atom stereocenters. The lowest BCUT2D eigenvalue weighted by Gasteiger charge is -2.47. The number of rotatable bonds is 5. The second kappa shape index (κ2) is 8.05. The standard InChI is InChI=1S/C23H24F2N4O3/c24-21(25)32-16-6-4-14(5-7-16)27-19-3-1-2-18-17(19)12-23(18)13-20(30)29(22(26)28-23)15-8-10-31-11-9-15/h1-7,15,21,27H,8-13H2,(H2,26,28)/t23-/m0/s1. The Balaban J connectivity index is 1.36. The van der Waals surface area contributed by atoms with Crippen molar-refractivity contribution < 1.29 is 23.0 Å². The number of nitrogens with zero attached hydrogens (tertiary/aromatic N) is 2. The minimum absolute atomic E-state index is 0.00281. The fourth-order valence-electron chi connectivity index (χ4n) is 4.85. The van der Waals surface area contributed by atoms with Gasteiger partial charge in [-0.3, -0.25) is 9.69 Å². The lowest BCUT2D eigenvalue weighted by atomic mass is 9.67. The molecule has 1 fully saturated rings. The van der Waals surface area contributed by atoms with E-state index in [0.29, 0.717) is 26.1 Å². The second-order valence-electron chi connectivity index (χ2n) is 8.32. The van der Waals surface area contributed by atoms with Crippen LogP contribution < -0.4 is 15.8 Å². The lowest BCUT2D eigenvalue weighted by Crippen LogP contribution is -2.58. The van der Waals surface area contributed by atoms with Gasteiger partial charge in [-0.1, -0.05) is 12.1 Å². The van der Waals surface area contributed by atoms with Crippen molar-refractivity contribution in [3.63, 3.8) is 0 Å². The van der Waals surface area contributed by atoms with Gasteiger partial charge in [-0.05, 0) is 54.3 Å². The highest BCUT2D eigenvalue weighted by Crippen LogP contribution is 2.50. The van der Waals surface area contributed by atoms with E-state index in [1.165, 1.54) is 12.1 Å². The molecular formula is C23H24F2N4O3. The Morgan fingerprint density at radius 1 is 1.16 bits per heavy atom. The Hall–Kier alpha value is -3.20. The highest BCUT2D eigenvalue weighted by molar-refractivity contribution is 6.00. The number of carbonyl (C=O) groups is 1. The molecule has 9 heteroatoms. The molecule has 7 nitrogen and oxygen atoms in total. The van der Waals surface area contributed by atoms with Crippen LogP contribution in [0.4, 0.5) is 20.2 Å². The maximum absolute atomic E-state index is 13.0. The Morgan fingerprint density at radius 3 is 2.59 bits per heavy atom. The summed E-state index contributed by atoms with van der Waals surface area (Å²) in [6, 6.07) is 12.2. The summed E-state index contributed by atoms with van der Waals surface area (Å²) >= 11 is 0. The third kappa shape index (κ3) is 3.66. The van der Waals surface area contributed by atoms with Gasteiger partial charge in [0.25, 0.3) is 0 Å². The number of halogens is 2. The van der Waals surface area contributed by atoms with E-state index in [2.05, 4.69) is 10.1 Å². The summed E-state index contributed by atoms with van der Waals surface area (Å²) in [5.41, 5.74) is 9.37. The average molecular weight is 442 g/mol. The van der Waals surface area contributed by atoms with Gasteiger partial charge in [0.05, 0.1) is 6.42 Å². The van der Waals surface area contributed by atoms with Crippen LogP contribution in [-0.4, -0.2) is 42.6 Å². The van der Waals surface area contributed by atoms with Gasteiger partial charge in [-0.25, -0.2) is 4.99 Å². The first-order valence-corrected chi connectivity index (χ1v) is 10.6. The topological polar surface area (TPSA) is 89.2 Å². The van der Waals surface area contributed by atoms with E-state index in [4.69, 9.17) is 15.5 Å². The van der Waals surface area contributed by atoms with Crippen molar-refractivity contribution >= 4 is 23.2 Å². The summed E-state index contributed by atoms with van der Waals surface area (Å²) < 4.78 is 34.5. The van der Waals surface area contributed by atoms with Gasteiger partial charge in [-0.2, -0.15) is 8.78 Å². The molecule has 2 heterocycles. The number of alkyl halides is 2. The SMILES string of the molecule is NC1=N[C@]2(CC(=O)N1C1CCOCC1)Cc1c(Nc3ccc(OC(F)F)cc3)cccc12. The fraction of sp³-hybridized carbons (Fsp3) is 0.391. The largest absolute Gasteiger partial charge is 0.435 e. The van der Waals surface area contributed by atoms with E-state index in [9.17, 15) is 13.6 Å². The molecule has 168 valence electrons. The number of nitrogens with two attached hydrogens (primary N) is 1. The Bertz CT molecular complexity index is 1050. The molecule has 2 aromatic carbocycles. The zero-order valence-corrected chi connectivity index (χ0v) is 17.4. The molecule has 5 rings (SSSR count). The molecule has 32 heavy (non-hydrogen) atoms. The molecule has 0 aromatic heterocycles. The van der Waals surface area contributed by atoms with Gasteiger partial charge in [0.2, 0.25) is 5.91 Å². The van der Waals surface area contributed by atoms with Crippen LogP contribution in [0.2, 0.25) is 0 Å². The molecule has 2 aromatic rings. The van der Waals surface area contributed by atoms with Gasteiger partial charge in [0.1, 0.15) is 11.3 Å². The number of hydrogen-bond donors (Lipinski definition) is 2. The van der Waals surface area contributed by atoms with Crippen molar-refractivity contribution in [2.24, 2.45) is 10.7 Å². The Morgan fingerprint density at radius 2 is 1.91 bits per heavy atom. The van der Waals surface area contributed by atoms with E-state index in [0.717, 1.165) is 35.3 Å². The number of guanidine groups is 1. The predicted octanol–water partition coefficient (Wildman–Crippen LogP) is 3.51. The number of carbonyl (C=O) groups excluding carboxylic acids is 1. The van der Waals surface area contributed by atoms with E-state index in [-0.39, 0.29) is 23.7 Å².